The molecule has 4 rings (SSSR count). The first kappa shape index (κ1) is 16.6. The van der Waals surface area contributed by atoms with E-state index in [0.717, 1.165) is 25.9 Å². The number of likely N-dealkylation sites (N-methyl/N-ethyl adjacent to an activating group) is 1. The minimum Gasteiger partial charge on any atom is -0.482 e. The lowest BCUT2D eigenvalue weighted by Gasteiger charge is -2.26. The van der Waals surface area contributed by atoms with Crippen molar-refractivity contribution >= 4 is 23.2 Å². The van der Waals surface area contributed by atoms with Crippen molar-refractivity contribution in [3.05, 3.63) is 36.2 Å². The number of rotatable bonds is 3. The second-order valence-electron chi connectivity index (χ2n) is 6.56. The average Bonchev–Trinajstić information content (AvgIpc) is 3.16. The zero-order valence-electron chi connectivity index (χ0n) is 14.6. The Labute approximate surface area is 151 Å². The van der Waals surface area contributed by atoms with Gasteiger partial charge in [-0.2, -0.15) is 5.10 Å². The summed E-state index contributed by atoms with van der Waals surface area (Å²) in [5.74, 6) is 0.221. The summed E-state index contributed by atoms with van der Waals surface area (Å²) in [6.07, 6.45) is 4.01. The molecular formula is C18H21N5O3. The number of hydrogen-bond donors (Lipinski definition) is 2. The summed E-state index contributed by atoms with van der Waals surface area (Å²) in [6, 6.07) is 7.24. The first-order chi connectivity index (χ1) is 12.6. The molecule has 0 bridgehead atoms. The molecule has 2 aromatic rings. The van der Waals surface area contributed by atoms with E-state index in [4.69, 9.17) is 4.74 Å². The largest absolute Gasteiger partial charge is 0.482 e. The fourth-order valence-corrected chi connectivity index (χ4v) is 3.27. The Hall–Kier alpha value is -2.87. The van der Waals surface area contributed by atoms with Crippen LogP contribution in [0.25, 0.3) is 0 Å². The van der Waals surface area contributed by atoms with Gasteiger partial charge in [-0.05, 0) is 43.7 Å². The number of amides is 2. The summed E-state index contributed by atoms with van der Waals surface area (Å²) in [4.78, 5) is 25.8. The van der Waals surface area contributed by atoms with Gasteiger partial charge in [-0.15, -0.1) is 0 Å². The molecule has 0 saturated carbocycles. The molecule has 2 N–H and O–H groups in total. The minimum absolute atomic E-state index is 0.0304. The third-order valence-electron chi connectivity index (χ3n) is 4.79. The summed E-state index contributed by atoms with van der Waals surface area (Å²) in [7, 11) is 1.69. The molecule has 0 aliphatic carbocycles. The van der Waals surface area contributed by atoms with Crippen LogP contribution in [-0.2, 0) is 4.79 Å². The fraction of sp³-hybridized carbons (Fsp3) is 0.389. The zero-order valence-corrected chi connectivity index (χ0v) is 14.6. The molecule has 1 unspecified atom stereocenters. The molecule has 1 fully saturated rings. The van der Waals surface area contributed by atoms with Gasteiger partial charge in [-0.3, -0.25) is 14.3 Å². The number of carbonyl (C=O) groups is 2. The van der Waals surface area contributed by atoms with Crippen LogP contribution in [0.15, 0.2) is 30.5 Å². The number of hydrogen-bond acceptors (Lipinski definition) is 5. The number of carbonyl (C=O) groups excluding carboxylic acids is 2. The first-order valence-electron chi connectivity index (χ1n) is 8.72. The highest BCUT2D eigenvalue weighted by atomic mass is 16.5. The molecule has 0 radical (unpaired) electrons. The van der Waals surface area contributed by atoms with E-state index >= 15 is 0 Å². The second-order valence-corrected chi connectivity index (χ2v) is 6.56. The number of nitrogens with zero attached hydrogens (tertiary/aromatic N) is 3. The van der Waals surface area contributed by atoms with Crippen molar-refractivity contribution in [2.45, 2.75) is 18.9 Å². The molecule has 26 heavy (non-hydrogen) atoms. The van der Waals surface area contributed by atoms with Crippen LogP contribution in [0.4, 0.5) is 11.4 Å². The Morgan fingerprint density at radius 2 is 2.27 bits per heavy atom. The molecule has 2 amide bonds. The van der Waals surface area contributed by atoms with E-state index in [1.165, 1.54) is 4.90 Å². The van der Waals surface area contributed by atoms with Crippen LogP contribution in [-0.4, -0.2) is 48.3 Å². The quantitative estimate of drug-likeness (QED) is 0.869. The first-order valence-corrected chi connectivity index (χ1v) is 8.72. The Morgan fingerprint density at radius 3 is 3.08 bits per heavy atom. The van der Waals surface area contributed by atoms with Crippen LogP contribution in [0.5, 0.6) is 5.75 Å². The summed E-state index contributed by atoms with van der Waals surface area (Å²) in [6.45, 7) is 1.93. The molecule has 1 atom stereocenters. The van der Waals surface area contributed by atoms with Crippen LogP contribution >= 0.6 is 0 Å². The number of anilines is 2. The number of benzene rings is 1. The zero-order chi connectivity index (χ0) is 18.1. The fourth-order valence-electron chi connectivity index (χ4n) is 3.27. The predicted molar refractivity (Wildman–Crippen MR) is 96.7 cm³/mol. The predicted octanol–water partition coefficient (Wildman–Crippen LogP) is 1.42. The Balaban J connectivity index is 1.48. The van der Waals surface area contributed by atoms with Gasteiger partial charge in [0.25, 0.3) is 11.8 Å². The second kappa shape index (κ2) is 6.80. The number of nitrogens with one attached hydrogen (secondary N) is 2. The van der Waals surface area contributed by atoms with E-state index in [9.17, 15) is 9.59 Å². The lowest BCUT2D eigenvalue weighted by Crippen LogP contribution is -2.35. The topological polar surface area (TPSA) is 88.5 Å². The van der Waals surface area contributed by atoms with Gasteiger partial charge in [0.15, 0.2) is 12.3 Å². The Kier molecular flexibility index (Phi) is 4.34. The van der Waals surface area contributed by atoms with E-state index in [1.807, 2.05) is 10.9 Å². The molecule has 136 valence electrons. The maximum Gasteiger partial charge on any atom is 0.276 e. The molecule has 2 aliphatic rings. The van der Waals surface area contributed by atoms with Crippen LogP contribution in [0.2, 0.25) is 0 Å². The SMILES string of the molecule is CN1C(=O)COc2ccc(NC(=O)c3ccn(C4CCCNC4)n3)cc21. The average molecular weight is 355 g/mol. The van der Waals surface area contributed by atoms with Gasteiger partial charge in [-0.1, -0.05) is 0 Å². The van der Waals surface area contributed by atoms with Crippen molar-refractivity contribution in [1.82, 2.24) is 15.1 Å². The van der Waals surface area contributed by atoms with Gasteiger partial charge >= 0.3 is 0 Å². The lowest BCUT2D eigenvalue weighted by atomic mass is 10.1. The monoisotopic (exact) mass is 355 g/mol. The van der Waals surface area contributed by atoms with E-state index in [1.54, 1.807) is 31.3 Å². The third-order valence-corrected chi connectivity index (χ3v) is 4.79. The van der Waals surface area contributed by atoms with E-state index in [0.29, 0.717) is 22.8 Å². The van der Waals surface area contributed by atoms with Crippen LogP contribution in [0.1, 0.15) is 29.4 Å². The normalized spacial score (nSPS) is 19.7. The van der Waals surface area contributed by atoms with Crippen molar-refractivity contribution in [2.75, 3.05) is 37.0 Å². The number of ether oxygens (including phenoxy) is 1. The van der Waals surface area contributed by atoms with E-state index in [2.05, 4.69) is 15.7 Å². The highest BCUT2D eigenvalue weighted by Gasteiger charge is 2.23. The maximum atomic E-state index is 12.5. The smallest absolute Gasteiger partial charge is 0.276 e. The van der Waals surface area contributed by atoms with Gasteiger partial charge in [0.1, 0.15) is 5.75 Å². The maximum absolute atomic E-state index is 12.5. The Bertz CT molecular complexity index is 841. The van der Waals surface area contributed by atoms with Crippen molar-refractivity contribution in [3.8, 4) is 5.75 Å². The molecule has 2 aliphatic heterocycles. The number of aromatic nitrogens is 2. The van der Waals surface area contributed by atoms with Crippen LogP contribution in [0.3, 0.4) is 0 Å². The molecule has 3 heterocycles. The van der Waals surface area contributed by atoms with E-state index < -0.39 is 0 Å². The van der Waals surface area contributed by atoms with Crippen molar-refractivity contribution < 1.29 is 14.3 Å². The molecule has 1 aromatic heterocycles. The summed E-state index contributed by atoms with van der Waals surface area (Å²) in [5.41, 5.74) is 1.60. The highest BCUT2D eigenvalue weighted by Crippen LogP contribution is 2.33. The van der Waals surface area contributed by atoms with Crippen molar-refractivity contribution in [2.24, 2.45) is 0 Å². The van der Waals surface area contributed by atoms with Crippen molar-refractivity contribution in [1.29, 1.82) is 0 Å². The van der Waals surface area contributed by atoms with Gasteiger partial charge in [-0.25, -0.2) is 0 Å². The molecule has 8 nitrogen and oxygen atoms in total. The molecular weight excluding hydrogens is 334 g/mol. The standard InChI is InChI=1S/C18H21N5O3/c1-22-15-9-12(4-5-16(15)26-11-17(22)24)20-18(25)14-6-8-23(21-14)13-3-2-7-19-10-13/h4-6,8-9,13,19H,2-3,7,10-11H2,1H3,(H,20,25). The molecule has 0 spiro atoms. The van der Waals surface area contributed by atoms with Crippen LogP contribution < -0.4 is 20.3 Å². The molecule has 8 heteroatoms. The highest BCUT2D eigenvalue weighted by molar-refractivity contribution is 6.04. The summed E-state index contributed by atoms with van der Waals surface area (Å²) >= 11 is 0. The third kappa shape index (κ3) is 3.15. The van der Waals surface area contributed by atoms with Crippen molar-refractivity contribution in [3.63, 3.8) is 0 Å². The number of piperidine rings is 1. The van der Waals surface area contributed by atoms with Crippen LogP contribution in [0, 0.1) is 0 Å². The molecule has 1 aromatic carbocycles. The Morgan fingerprint density at radius 1 is 1.38 bits per heavy atom. The van der Waals surface area contributed by atoms with Gasteiger partial charge < -0.3 is 20.3 Å². The summed E-state index contributed by atoms with van der Waals surface area (Å²) in [5, 5.41) is 10.6. The van der Waals surface area contributed by atoms with E-state index in [-0.39, 0.29) is 24.5 Å². The van der Waals surface area contributed by atoms with Gasteiger partial charge in [0.2, 0.25) is 0 Å². The number of fused-ring (bicyclic) bond motifs is 1. The minimum atomic E-state index is -0.279. The van der Waals surface area contributed by atoms with Gasteiger partial charge in [0.05, 0.1) is 11.7 Å². The van der Waals surface area contributed by atoms with Gasteiger partial charge in [0, 0.05) is 25.5 Å². The molecule has 1 saturated heterocycles. The summed E-state index contributed by atoms with van der Waals surface area (Å²) < 4.78 is 7.25. The lowest BCUT2D eigenvalue weighted by molar-refractivity contribution is -0.120.